The summed E-state index contributed by atoms with van der Waals surface area (Å²) >= 11 is 0. The summed E-state index contributed by atoms with van der Waals surface area (Å²) in [5, 5.41) is 20.3. The number of carbonyl (C=O) groups is 2. The molecule has 0 radical (unpaired) electrons. The molecule has 0 bridgehead atoms. The zero-order chi connectivity index (χ0) is 17.4. The molecule has 3 rings (SSSR count). The van der Waals surface area contributed by atoms with Crippen LogP contribution in [-0.4, -0.2) is 21.8 Å². The number of aliphatic hydroxyl groups is 2. The average molecular weight is 328 g/mol. The second-order valence-corrected chi connectivity index (χ2v) is 5.69. The number of hydrogen-bond acceptors (Lipinski definition) is 6. The number of carbonyl (C=O) groups excluding carboxylic acids is 2. The maximum atomic E-state index is 12.3. The Morgan fingerprint density at radius 3 is 1.42 bits per heavy atom. The average Bonchev–Trinajstić information content (AvgIpc) is 3.14. The van der Waals surface area contributed by atoms with Crippen molar-refractivity contribution in [2.45, 2.75) is 26.7 Å². The van der Waals surface area contributed by atoms with Gasteiger partial charge in [-0.25, -0.2) is 0 Å². The number of ketones is 2. The molecular formula is C18H16O6. The van der Waals surface area contributed by atoms with E-state index in [0.717, 1.165) is 0 Å². The van der Waals surface area contributed by atoms with Crippen LogP contribution in [0, 0.1) is 13.8 Å². The van der Waals surface area contributed by atoms with E-state index in [1.165, 1.54) is 0 Å². The lowest BCUT2D eigenvalue weighted by atomic mass is 9.89. The third kappa shape index (κ3) is 2.78. The van der Waals surface area contributed by atoms with Gasteiger partial charge in [-0.05, 0) is 38.1 Å². The molecule has 2 aromatic rings. The monoisotopic (exact) mass is 328 g/mol. The number of hydrogen-bond donors (Lipinski definition) is 2. The molecule has 0 fully saturated rings. The fourth-order valence-electron chi connectivity index (χ4n) is 2.61. The van der Waals surface area contributed by atoms with Gasteiger partial charge in [-0.2, -0.15) is 0 Å². The molecule has 1 aliphatic rings. The molecule has 0 atom stereocenters. The van der Waals surface area contributed by atoms with Crippen molar-refractivity contribution >= 4 is 11.6 Å². The van der Waals surface area contributed by atoms with E-state index < -0.39 is 23.1 Å². The minimum absolute atomic E-state index is 0.0680. The number of allylic oxidation sites excluding steroid dienone is 2. The SMILES string of the molecule is Cc1ccc(CC2=C(O)C(=O)C(Cc3ccc(C)o3)=C(O)C2=O)o1. The Hall–Kier alpha value is -3.02. The highest BCUT2D eigenvalue weighted by Gasteiger charge is 2.35. The molecule has 24 heavy (non-hydrogen) atoms. The smallest absolute Gasteiger partial charge is 0.228 e. The van der Waals surface area contributed by atoms with Crippen LogP contribution in [0.2, 0.25) is 0 Å². The van der Waals surface area contributed by atoms with Crippen LogP contribution in [0.1, 0.15) is 23.0 Å². The maximum absolute atomic E-state index is 12.3. The van der Waals surface area contributed by atoms with E-state index >= 15 is 0 Å². The summed E-state index contributed by atoms with van der Waals surface area (Å²) in [5.41, 5.74) is -0.350. The predicted molar refractivity (Wildman–Crippen MR) is 83.6 cm³/mol. The first-order valence-electron chi connectivity index (χ1n) is 7.41. The molecule has 2 aromatic heterocycles. The van der Waals surface area contributed by atoms with E-state index in [4.69, 9.17) is 8.83 Å². The fourth-order valence-corrected chi connectivity index (χ4v) is 2.61. The van der Waals surface area contributed by atoms with Crippen molar-refractivity contribution in [1.29, 1.82) is 0 Å². The molecule has 2 N–H and O–H groups in total. The molecule has 0 aliphatic heterocycles. The van der Waals surface area contributed by atoms with Crippen LogP contribution in [0.25, 0.3) is 0 Å². The van der Waals surface area contributed by atoms with Crippen LogP contribution < -0.4 is 0 Å². The summed E-state index contributed by atoms with van der Waals surface area (Å²) in [7, 11) is 0. The fraction of sp³-hybridized carbons (Fsp3) is 0.222. The lowest BCUT2D eigenvalue weighted by Gasteiger charge is -2.16. The van der Waals surface area contributed by atoms with Gasteiger partial charge in [-0.3, -0.25) is 9.59 Å². The topological polar surface area (TPSA) is 101 Å². The first-order chi connectivity index (χ1) is 11.4. The van der Waals surface area contributed by atoms with Crippen LogP contribution in [-0.2, 0) is 22.4 Å². The molecule has 0 aromatic carbocycles. The van der Waals surface area contributed by atoms with E-state index in [1.807, 2.05) is 0 Å². The molecule has 124 valence electrons. The van der Waals surface area contributed by atoms with Crippen molar-refractivity contribution in [3.05, 3.63) is 70.0 Å². The van der Waals surface area contributed by atoms with Crippen LogP contribution in [0.3, 0.4) is 0 Å². The van der Waals surface area contributed by atoms with Crippen LogP contribution in [0.4, 0.5) is 0 Å². The first-order valence-corrected chi connectivity index (χ1v) is 7.41. The van der Waals surface area contributed by atoms with Gasteiger partial charge in [-0.1, -0.05) is 0 Å². The number of aryl methyl sites for hydroxylation is 2. The molecule has 0 unspecified atom stereocenters. The summed E-state index contributed by atoms with van der Waals surface area (Å²) in [6, 6.07) is 6.72. The summed E-state index contributed by atoms with van der Waals surface area (Å²) in [4.78, 5) is 24.7. The van der Waals surface area contributed by atoms with Gasteiger partial charge in [0.1, 0.15) is 23.0 Å². The summed E-state index contributed by atoms with van der Waals surface area (Å²) in [6.45, 7) is 3.48. The second kappa shape index (κ2) is 5.88. The molecule has 6 nitrogen and oxygen atoms in total. The summed E-state index contributed by atoms with van der Waals surface area (Å²) < 4.78 is 10.7. The van der Waals surface area contributed by atoms with Crippen LogP contribution in [0.5, 0.6) is 0 Å². The maximum Gasteiger partial charge on any atom is 0.228 e. The molecule has 0 saturated heterocycles. The molecule has 0 spiro atoms. The Labute approximate surface area is 137 Å². The zero-order valence-corrected chi connectivity index (χ0v) is 13.3. The highest BCUT2D eigenvalue weighted by molar-refractivity contribution is 6.23. The molecule has 0 saturated carbocycles. The minimum Gasteiger partial charge on any atom is -0.504 e. The van der Waals surface area contributed by atoms with Gasteiger partial charge in [0, 0.05) is 12.8 Å². The summed E-state index contributed by atoms with van der Waals surface area (Å²) in [6.07, 6.45) is -0.136. The van der Waals surface area contributed by atoms with E-state index in [-0.39, 0.29) is 24.0 Å². The van der Waals surface area contributed by atoms with Gasteiger partial charge in [0.15, 0.2) is 11.5 Å². The van der Waals surface area contributed by atoms with Gasteiger partial charge < -0.3 is 19.0 Å². The van der Waals surface area contributed by atoms with Crippen LogP contribution in [0.15, 0.2) is 55.8 Å². The van der Waals surface area contributed by atoms with Crippen molar-refractivity contribution in [1.82, 2.24) is 0 Å². The Morgan fingerprint density at radius 1 is 0.750 bits per heavy atom. The Balaban J connectivity index is 1.90. The Kier molecular flexibility index (Phi) is 3.89. The Morgan fingerprint density at radius 2 is 1.12 bits per heavy atom. The largest absolute Gasteiger partial charge is 0.504 e. The van der Waals surface area contributed by atoms with Gasteiger partial charge in [0.2, 0.25) is 11.6 Å². The highest BCUT2D eigenvalue weighted by Crippen LogP contribution is 2.27. The van der Waals surface area contributed by atoms with E-state index in [2.05, 4.69) is 0 Å². The lowest BCUT2D eigenvalue weighted by Crippen LogP contribution is -2.26. The van der Waals surface area contributed by atoms with Crippen molar-refractivity contribution in [2.75, 3.05) is 0 Å². The number of furan rings is 2. The van der Waals surface area contributed by atoms with Crippen molar-refractivity contribution in [3.8, 4) is 0 Å². The van der Waals surface area contributed by atoms with Gasteiger partial charge in [0.25, 0.3) is 0 Å². The minimum atomic E-state index is -0.778. The molecule has 2 heterocycles. The predicted octanol–water partition coefficient (Wildman–Crippen LogP) is 3.05. The third-order valence-corrected chi connectivity index (χ3v) is 3.84. The number of rotatable bonds is 4. The van der Waals surface area contributed by atoms with Crippen molar-refractivity contribution in [2.24, 2.45) is 0 Å². The van der Waals surface area contributed by atoms with E-state index in [9.17, 15) is 19.8 Å². The molecule has 6 heteroatoms. The summed E-state index contributed by atoms with van der Waals surface area (Å²) in [5.74, 6) is -0.739. The first kappa shape index (κ1) is 15.9. The highest BCUT2D eigenvalue weighted by atomic mass is 16.3. The third-order valence-electron chi connectivity index (χ3n) is 3.84. The van der Waals surface area contributed by atoms with Gasteiger partial charge in [-0.15, -0.1) is 0 Å². The normalized spacial score (nSPS) is 15.6. The van der Waals surface area contributed by atoms with E-state index in [1.54, 1.807) is 38.1 Å². The van der Waals surface area contributed by atoms with Crippen molar-refractivity contribution in [3.63, 3.8) is 0 Å². The quantitative estimate of drug-likeness (QED) is 0.837. The zero-order valence-electron chi connectivity index (χ0n) is 13.3. The van der Waals surface area contributed by atoms with E-state index in [0.29, 0.717) is 23.0 Å². The van der Waals surface area contributed by atoms with Crippen molar-refractivity contribution < 1.29 is 28.6 Å². The molecular weight excluding hydrogens is 312 g/mol. The lowest BCUT2D eigenvalue weighted by molar-refractivity contribution is -0.120. The van der Waals surface area contributed by atoms with Gasteiger partial charge >= 0.3 is 0 Å². The standard InChI is InChI=1S/C18H16O6/c1-9-3-5-11(23-9)7-13-15(19)17(21)14(18(22)16(13)20)8-12-6-4-10(2)24-12/h3-6,19,22H,7-8H2,1-2H3. The molecule has 1 aliphatic carbocycles. The Bertz CT molecular complexity index is 816. The van der Waals surface area contributed by atoms with Crippen LogP contribution >= 0.6 is 0 Å². The number of aliphatic hydroxyl groups excluding tert-OH is 2. The molecule has 0 amide bonds. The number of Topliss-reactive ketones (excluding diaryl/α,β-unsaturated/α-hetero) is 2. The second-order valence-electron chi connectivity index (χ2n) is 5.69. The van der Waals surface area contributed by atoms with Gasteiger partial charge in [0.05, 0.1) is 11.1 Å².